The Labute approximate surface area is 301 Å². The van der Waals surface area contributed by atoms with Crippen LogP contribution in [0.15, 0.2) is 48.5 Å². The van der Waals surface area contributed by atoms with Crippen molar-refractivity contribution in [2.24, 2.45) is 5.92 Å². The van der Waals surface area contributed by atoms with Gasteiger partial charge in [0, 0.05) is 13.0 Å². The summed E-state index contributed by atoms with van der Waals surface area (Å²) in [6, 6.07) is 12.2. The van der Waals surface area contributed by atoms with Gasteiger partial charge in [-0.3, -0.25) is 9.59 Å². The highest BCUT2D eigenvalue weighted by molar-refractivity contribution is 5.94. The van der Waals surface area contributed by atoms with E-state index in [1.807, 2.05) is 76.2 Å². The lowest BCUT2D eigenvalue weighted by molar-refractivity contribution is -0.159. The first-order valence-electron chi connectivity index (χ1n) is 18.3. The molecule has 9 heteroatoms. The molecule has 0 saturated carbocycles. The monoisotopic (exact) mass is 693 g/mol. The van der Waals surface area contributed by atoms with Crippen molar-refractivity contribution < 1.29 is 28.7 Å². The van der Waals surface area contributed by atoms with Gasteiger partial charge in [0.05, 0.1) is 0 Å². The Morgan fingerprint density at radius 3 is 1.86 bits per heavy atom. The Morgan fingerprint density at radius 2 is 1.32 bits per heavy atom. The summed E-state index contributed by atoms with van der Waals surface area (Å²) in [6.07, 6.45) is 4.55. The molecule has 2 aromatic rings. The lowest BCUT2D eigenvalue weighted by Gasteiger charge is -2.37. The van der Waals surface area contributed by atoms with E-state index in [1.54, 1.807) is 46.4 Å². The van der Waals surface area contributed by atoms with Gasteiger partial charge in [-0.25, -0.2) is 9.59 Å². The Kier molecular flexibility index (Phi) is 16.5. The van der Waals surface area contributed by atoms with Crippen LogP contribution in [0.3, 0.4) is 0 Å². The highest BCUT2D eigenvalue weighted by atomic mass is 16.6. The van der Waals surface area contributed by atoms with Gasteiger partial charge >= 0.3 is 12.1 Å². The van der Waals surface area contributed by atoms with Crippen LogP contribution in [0.1, 0.15) is 129 Å². The van der Waals surface area contributed by atoms with Crippen LogP contribution >= 0.6 is 0 Å². The van der Waals surface area contributed by atoms with Gasteiger partial charge in [0.2, 0.25) is 11.8 Å². The molecule has 278 valence electrons. The number of alkyl carbamates (subject to hydrolysis) is 1. The van der Waals surface area contributed by atoms with Gasteiger partial charge in [0.25, 0.3) is 0 Å². The molecule has 0 bridgehead atoms. The van der Waals surface area contributed by atoms with Crippen molar-refractivity contribution in [3.05, 3.63) is 70.8 Å². The largest absolute Gasteiger partial charge is 0.458 e. The Hall–Kier alpha value is -3.88. The van der Waals surface area contributed by atoms with Crippen LogP contribution in [-0.4, -0.2) is 58.6 Å². The molecule has 0 aromatic heterocycles. The van der Waals surface area contributed by atoms with Gasteiger partial charge < -0.3 is 25.0 Å². The van der Waals surface area contributed by atoms with Crippen LogP contribution in [0.4, 0.5) is 4.79 Å². The minimum absolute atomic E-state index is 0.0557. The third-order valence-electron chi connectivity index (χ3n) is 8.15. The van der Waals surface area contributed by atoms with E-state index in [0.717, 1.165) is 42.4 Å². The molecule has 2 N–H and O–H groups in total. The summed E-state index contributed by atoms with van der Waals surface area (Å²) in [7, 11) is 0. The summed E-state index contributed by atoms with van der Waals surface area (Å²) in [5.74, 6) is -1.37. The third kappa shape index (κ3) is 14.5. The van der Waals surface area contributed by atoms with E-state index in [2.05, 4.69) is 17.6 Å². The molecule has 0 aliphatic heterocycles. The van der Waals surface area contributed by atoms with E-state index in [4.69, 9.17) is 9.47 Å². The summed E-state index contributed by atoms with van der Waals surface area (Å²) in [4.78, 5) is 58.0. The zero-order chi connectivity index (χ0) is 37.6. The van der Waals surface area contributed by atoms with Crippen molar-refractivity contribution in [2.75, 3.05) is 6.54 Å². The Morgan fingerprint density at radius 1 is 0.740 bits per heavy atom. The molecular weight excluding hydrogens is 630 g/mol. The molecule has 0 aliphatic rings. The van der Waals surface area contributed by atoms with Crippen molar-refractivity contribution in [3.63, 3.8) is 0 Å². The number of benzene rings is 2. The highest BCUT2D eigenvalue weighted by Gasteiger charge is 2.39. The minimum atomic E-state index is -1.08. The molecule has 0 radical (unpaired) electrons. The van der Waals surface area contributed by atoms with E-state index >= 15 is 0 Å². The highest BCUT2D eigenvalue weighted by Crippen LogP contribution is 2.30. The van der Waals surface area contributed by atoms with Crippen LogP contribution < -0.4 is 10.6 Å². The summed E-state index contributed by atoms with van der Waals surface area (Å²) >= 11 is 0. The quantitative estimate of drug-likeness (QED) is 0.128. The molecule has 0 saturated heterocycles. The molecule has 9 nitrogen and oxygen atoms in total. The number of carbonyl (C=O) groups is 4. The summed E-state index contributed by atoms with van der Waals surface area (Å²) in [6.45, 7) is 20.9. The fourth-order valence-electron chi connectivity index (χ4n) is 5.95. The van der Waals surface area contributed by atoms with Gasteiger partial charge in [-0.1, -0.05) is 95.0 Å². The maximum Gasteiger partial charge on any atom is 0.408 e. The minimum Gasteiger partial charge on any atom is -0.458 e. The van der Waals surface area contributed by atoms with Gasteiger partial charge in [-0.2, -0.15) is 0 Å². The second-order valence-electron chi connectivity index (χ2n) is 15.8. The molecule has 3 atom stereocenters. The van der Waals surface area contributed by atoms with Crippen LogP contribution in [-0.2, 0) is 30.3 Å². The first-order valence-corrected chi connectivity index (χ1v) is 18.3. The SMILES string of the molecule is CCCCCCCN(C(=O)C(CC(C)C)NC(=O)OC(C)(C)C)C(C(=O)NC(Cc1ccccc1)C(=O)OC(C)(C)C)c1c(C)cccc1C. The molecule has 3 amide bonds. The predicted octanol–water partition coefficient (Wildman–Crippen LogP) is 8.15. The maximum atomic E-state index is 14.8. The van der Waals surface area contributed by atoms with Gasteiger partial charge in [0.1, 0.15) is 29.3 Å². The number of amides is 3. The van der Waals surface area contributed by atoms with Gasteiger partial charge in [-0.05, 0) is 96.4 Å². The van der Waals surface area contributed by atoms with Gasteiger partial charge in [0.15, 0.2) is 0 Å². The summed E-state index contributed by atoms with van der Waals surface area (Å²) in [5.41, 5.74) is 1.69. The van der Waals surface area contributed by atoms with Gasteiger partial charge in [-0.15, -0.1) is 0 Å². The number of carbonyl (C=O) groups excluding carboxylic acids is 4. The first-order chi connectivity index (χ1) is 23.3. The predicted molar refractivity (Wildman–Crippen MR) is 200 cm³/mol. The topological polar surface area (TPSA) is 114 Å². The number of rotatable bonds is 17. The number of aryl methyl sites for hydroxylation is 2. The van der Waals surface area contributed by atoms with Crippen LogP contribution in [0.2, 0.25) is 0 Å². The average Bonchev–Trinajstić information content (AvgIpc) is 2.99. The van der Waals surface area contributed by atoms with Crippen molar-refractivity contribution >= 4 is 23.9 Å². The number of hydrogen-bond donors (Lipinski definition) is 2. The van der Waals surface area contributed by atoms with E-state index in [9.17, 15) is 19.2 Å². The molecular formula is C41H63N3O6. The molecule has 0 spiro atoms. The van der Waals surface area contributed by atoms with E-state index in [0.29, 0.717) is 18.4 Å². The fourth-order valence-corrected chi connectivity index (χ4v) is 5.95. The number of nitrogens with one attached hydrogen (secondary N) is 2. The molecule has 0 heterocycles. The number of unbranched alkanes of at least 4 members (excludes halogenated alkanes) is 4. The first kappa shape index (κ1) is 42.3. The normalized spacial score (nSPS) is 13.6. The maximum absolute atomic E-state index is 14.8. The zero-order valence-corrected chi connectivity index (χ0v) is 32.5. The van der Waals surface area contributed by atoms with Crippen molar-refractivity contribution in [3.8, 4) is 0 Å². The van der Waals surface area contributed by atoms with Crippen molar-refractivity contribution in [2.45, 2.75) is 150 Å². The number of ether oxygens (including phenoxy) is 2. The van der Waals surface area contributed by atoms with Crippen molar-refractivity contribution in [1.82, 2.24) is 15.5 Å². The number of hydrogen-bond acceptors (Lipinski definition) is 6. The van der Waals surface area contributed by atoms with E-state index in [-0.39, 0.29) is 24.8 Å². The average molecular weight is 694 g/mol. The molecule has 2 rings (SSSR count). The van der Waals surface area contributed by atoms with E-state index in [1.165, 1.54) is 0 Å². The second-order valence-corrected chi connectivity index (χ2v) is 15.8. The smallest absolute Gasteiger partial charge is 0.408 e. The number of nitrogens with zero attached hydrogens (tertiary/aromatic N) is 1. The molecule has 3 unspecified atom stereocenters. The van der Waals surface area contributed by atoms with Crippen LogP contribution in [0, 0.1) is 19.8 Å². The second kappa shape index (κ2) is 19.5. The fraction of sp³-hybridized carbons (Fsp3) is 0.610. The summed E-state index contributed by atoms with van der Waals surface area (Å²) in [5, 5.41) is 5.85. The molecule has 0 aliphatic carbocycles. The van der Waals surface area contributed by atoms with E-state index < -0.39 is 47.3 Å². The number of esters is 1. The molecule has 50 heavy (non-hydrogen) atoms. The zero-order valence-electron chi connectivity index (χ0n) is 32.5. The lowest BCUT2D eigenvalue weighted by atomic mass is 9.92. The van der Waals surface area contributed by atoms with Crippen LogP contribution in [0.25, 0.3) is 0 Å². The van der Waals surface area contributed by atoms with Crippen molar-refractivity contribution in [1.29, 1.82) is 0 Å². The molecule has 2 aromatic carbocycles. The van der Waals surface area contributed by atoms with Crippen LogP contribution in [0.5, 0.6) is 0 Å². The third-order valence-corrected chi connectivity index (χ3v) is 8.15. The Balaban J connectivity index is 2.70. The Bertz CT molecular complexity index is 1370. The molecule has 0 fully saturated rings. The lowest BCUT2D eigenvalue weighted by Crippen LogP contribution is -2.55. The summed E-state index contributed by atoms with van der Waals surface area (Å²) < 4.78 is 11.3. The standard InChI is InChI=1S/C41H63N3O6/c1-12-13-14-15-19-25-44(37(46)32(26-28(2)3)43-39(48)50-41(9,10)11)35(34-29(4)21-20-22-30(34)5)36(45)42-33(38(47)49-40(6,7)8)27-31-23-17-16-18-24-31/h16-18,20-24,28,32-33,35H,12-15,19,25-27H2,1-11H3,(H,42,45)(H,43,48).